The summed E-state index contributed by atoms with van der Waals surface area (Å²) in [5.41, 5.74) is 2.76. The van der Waals surface area contributed by atoms with Crippen molar-refractivity contribution < 1.29 is 19.4 Å². The zero-order valence-corrected chi connectivity index (χ0v) is 13.8. The first-order valence-corrected chi connectivity index (χ1v) is 7.76. The summed E-state index contributed by atoms with van der Waals surface area (Å²) >= 11 is 0. The molecular formula is C19H21NO4. The molecule has 0 saturated heterocycles. The van der Waals surface area contributed by atoms with Gasteiger partial charge in [0.2, 0.25) is 5.91 Å². The van der Waals surface area contributed by atoms with E-state index < -0.39 is 5.97 Å². The van der Waals surface area contributed by atoms with Gasteiger partial charge in [0.05, 0.1) is 18.5 Å². The van der Waals surface area contributed by atoms with Crippen LogP contribution in [-0.4, -0.2) is 30.1 Å². The number of hydrogen-bond acceptors (Lipinski definition) is 3. The van der Waals surface area contributed by atoms with Crippen molar-refractivity contribution in [3.8, 4) is 5.75 Å². The average molecular weight is 327 g/mol. The summed E-state index contributed by atoms with van der Waals surface area (Å²) in [6, 6.07) is 12.4. The highest BCUT2D eigenvalue weighted by molar-refractivity contribution is 5.91. The predicted octanol–water partition coefficient (Wildman–Crippen LogP) is 2.74. The molecule has 0 aromatic heterocycles. The zero-order chi connectivity index (χ0) is 17.5. The van der Waals surface area contributed by atoms with Gasteiger partial charge in [-0.05, 0) is 36.6 Å². The minimum Gasteiger partial charge on any atom is -0.491 e. The van der Waals surface area contributed by atoms with Crippen molar-refractivity contribution >= 4 is 11.9 Å². The second kappa shape index (κ2) is 8.15. The predicted molar refractivity (Wildman–Crippen MR) is 91.5 cm³/mol. The van der Waals surface area contributed by atoms with E-state index in [9.17, 15) is 9.59 Å². The molecule has 0 unspecified atom stereocenters. The first-order valence-electron chi connectivity index (χ1n) is 7.76. The molecule has 5 nitrogen and oxygen atoms in total. The Bertz CT molecular complexity index is 720. The Balaban J connectivity index is 1.83. The van der Waals surface area contributed by atoms with Crippen LogP contribution in [0.5, 0.6) is 5.75 Å². The molecule has 24 heavy (non-hydrogen) atoms. The monoisotopic (exact) mass is 327 g/mol. The van der Waals surface area contributed by atoms with E-state index in [2.05, 4.69) is 5.32 Å². The van der Waals surface area contributed by atoms with Gasteiger partial charge in [0.1, 0.15) is 12.4 Å². The summed E-state index contributed by atoms with van der Waals surface area (Å²) < 4.78 is 5.72. The minimum absolute atomic E-state index is 0.0336. The lowest BCUT2D eigenvalue weighted by molar-refractivity contribution is -0.120. The van der Waals surface area contributed by atoms with Crippen LogP contribution in [0.2, 0.25) is 0 Å². The maximum atomic E-state index is 12.0. The Morgan fingerprint density at radius 2 is 1.71 bits per heavy atom. The van der Waals surface area contributed by atoms with Crippen LogP contribution in [0.1, 0.15) is 27.0 Å². The molecular weight excluding hydrogens is 306 g/mol. The maximum absolute atomic E-state index is 12.0. The summed E-state index contributed by atoms with van der Waals surface area (Å²) in [6.45, 7) is 4.67. The molecule has 0 aliphatic heterocycles. The Hall–Kier alpha value is -2.82. The number of nitrogens with one attached hydrogen (secondary N) is 1. The molecule has 0 bridgehead atoms. The quantitative estimate of drug-likeness (QED) is 0.767. The standard InChI is InChI=1S/C19H21NO4/c1-13-6-5-7-14(2)18(13)24-11-10-20-17(21)12-15-8-3-4-9-16(15)19(22)23/h3-9H,10-12H2,1-2H3,(H,20,21)(H,22,23). The van der Waals surface area contributed by atoms with Gasteiger partial charge in [0, 0.05) is 0 Å². The van der Waals surface area contributed by atoms with Crippen LogP contribution in [0, 0.1) is 13.8 Å². The molecule has 2 aromatic rings. The van der Waals surface area contributed by atoms with Crippen molar-refractivity contribution in [1.29, 1.82) is 0 Å². The van der Waals surface area contributed by atoms with Gasteiger partial charge in [-0.3, -0.25) is 4.79 Å². The van der Waals surface area contributed by atoms with Gasteiger partial charge >= 0.3 is 5.97 Å². The van der Waals surface area contributed by atoms with Crippen molar-refractivity contribution in [2.45, 2.75) is 20.3 Å². The highest BCUT2D eigenvalue weighted by atomic mass is 16.5. The summed E-state index contributed by atoms with van der Waals surface area (Å²) in [4.78, 5) is 23.1. The van der Waals surface area contributed by atoms with Crippen LogP contribution in [0.25, 0.3) is 0 Å². The van der Waals surface area contributed by atoms with E-state index in [-0.39, 0.29) is 17.9 Å². The van der Waals surface area contributed by atoms with Gasteiger partial charge in [-0.2, -0.15) is 0 Å². The van der Waals surface area contributed by atoms with Crippen LogP contribution >= 0.6 is 0 Å². The number of hydrogen-bond donors (Lipinski definition) is 2. The van der Waals surface area contributed by atoms with Gasteiger partial charge in [-0.1, -0.05) is 36.4 Å². The fraction of sp³-hybridized carbons (Fsp3) is 0.263. The molecule has 0 atom stereocenters. The molecule has 1 amide bonds. The third-order valence-corrected chi connectivity index (χ3v) is 3.68. The number of rotatable bonds is 7. The van der Waals surface area contributed by atoms with Crippen molar-refractivity contribution in [2.75, 3.05) is 13.2 Å². The average Bonchev–Trinajstić information content (AvgIpc) is 2.54. The number of aromatic carboxylic acids is 1. The number of para-hydroxylation sites is 1. The van der Waals surface area contributed by atoms with Crippen molar-refractivity contribution in [1.82, 2.24) is 5.32 Å². The summed E-state index contributed by atoms with van der Waals surface area (Å²) in [7, 11) is 0. The zero-order valence-electron chi connectivity index (χ0n) is 13.8. The van der Waals surface area contributed by atoms with Gasteiger partial charge in [0.25, 0.3) is 0 Å². The Labute approximate surface area is 141 Å². The Morgan fingerprint density at radius 3 is 2.38 bits per heavy atom. The van der Waals surface area contributed by atoms with E-state index >= 15 is 0 Å². The summed E-state index contributed by atoms with van der Waals surface area (Å²) in [5.74, 6) is -0.423. The Kier molecular flexibility index (Phi) is 5.95. The number of aryl methyl sites for hydroxylation is 2. The first-order chi connectivity index (χ1) is 11.5. The lowest BCUT2D eigenvalue weighted by atomic mass is 10.0. The minimum atomic E-state index is -1.03. The van der Waals surface area contributed by atoms with Crippen molar-refractivity contribution in [3.63, 3.8) is 0 Å². The number of carbonyl (C=O) groups excluding carboxylic acids is 1. The van der Waals surface area contributed by atoms with E-state index in [0.717, 1.165) is 16.9 Å². The Morgan fingerprint density at radius 1 is 1.04 bits per heavy atom. The van der Waals surface area contributed by atoms with Crippen LogP contribution in [0.4, 0.5) is 0 Å². The van der Waals surface area contributed by atoms with Gasteiger partial charge in [0.15, 0.2) is 0 Å². The maximum Gasteiger partial charge on any atom is 0.335 e. The molecule has 0 aliphatic rings. The molecule has 0 heterocycles. The normalized spacial score (nSPS) is 10.2. The number of benzene rings is 2. The highest BCUT2D eigenvalue weighted by Crippen LogP contribution is 2.21. The molecule has 0 fully saturated rings. The number of carboxylic acid groups (broad SMARTS) is 1. The van der Waals surface area contributed by atoms with E-state index in [4.69, 9.17) is 9.84 Å². The number of carboxylic acids is 1. The van der Waals surface area contributed by atoms with Gasteiger partial charge in [-0.15, -0.1) is 0 Å². The van der Waals surface area contributed by atoms with E-state index in [1.54, 1.807) is 18.2 Å². The topological polar surface area (TPSA) is 75.6 Å². The molecule has 0 saturated carbocycles. The summed E-state index contributed by atoms with van der Waals surface area (Å²) in [6.07, 6.45) is 0.0336. The number of carbonyl (C=O) groups is 2. The smallest absolute Gasteiger partial charge is 0.335 e. The molecule has 2 rings (SSSR count). The second-order valence-electron chi connectivity index (χ2n) is 5.56. The molecule has 0 radical (unpaired) electrons. The van der Waals surface area contributed by atoms with E-state index in [0.29, 0.717) is 18.7 Å². The molecule has 0 aliphatic carbocycles. The lowest BCUT2D eigenvalue weighted by Gasteiger charge is -2.12. The van der Waals surface area contributed by atoms with E-state index in [1.165, 1.54) is 6.07 Å². The lowest BCUT2D eigenvalue weighted by Crippen LogP contribution is -2.30. The van der Waals surface area contributed by atoms with Crippen molar-refractivity contribution in [3.05, 3.63) is 64.7 Å². The molecule has 2 aromatic carbocycles. The largest absolute Gasteiger partial charge is 0.491 e. The van der Waals surface area contributed by atoms with E-state index in [1.807, 2.05) is 32.0 Å². The second-order valence-corrected chi connectivity index (χ2v) is 5.56. The van der Waals surface area contributed by atoms with Crippen LogP contribution in [0.15, 0.2) is 42.5 Å². The third-order valence-electron chi connectivity index (χ3n) is 3.68. The van der Waals surface area contributed by atoms with Gasteiger partial charge < -0.3 is 15.2 Å². The summed E-state index contributed by atoms with van der Waals surface area (Å²) in [5, 5.41) is 11.9. The SMILES string of the molecule is Cc1cccc(C)c1OCCNC(=O)Cc1ccccc1C(=O)O. The molecule has 2 N–H and O–H groups in total. The fourth-order valence-electron chi connectivity index (χ4n) is 2.49. The third kappa shape index (κ3) is 4.59. The van der Waals surface area contributed by atoms with Crippen LogP contribution < -0.4 is 10.1 Å². The first kappa shape index (κ1) is 17.5. The molecule has 126 valence electrons. The van der Waals surface area contributed by atoms with Gasteiger partial charge in [-0.25, -0.2) is 4.79 Å². The van der Waals surface area contributed by atoms with Crippen molar-refractivity contribution in [2.24, 2.45) is 0 Å². The molecule has 5 heteroatoms. The highest BCUT2D eigenvalue weighted by Gasteiger charge is 2.12. The fourth-order valence-corrected chi connectivity index (χ4v) is 2.49. The number of ether oxygens (including phenoxy) is 1. The number of amides is 1. The van der Waals surface area contributed by atoms with Crippen LogP contribution in [-0.2, 0) is 11.2 Å². The molecule has 0 spiro atoms. The van der Waals surface area contributed by atoms with Crippen LogP contribution in [0.3, 0.4) is 0 Å².